The van der Waals surface area contributed by atoms with Crippen LogP contribution >= 0.6 is 0 Å². The average molecular weight is 455 g/mol. The molecule has 34 heavy (non-hydrogen) atoms. The number of benzene rings is 1. The van der Waals surface area contributed by atoms with Gasteiger partial charge < -0.3 is 14.9 Å². The van der Waals surface area contributed by atoms with Gasteiger partial charge in [-0.15, -0.1) is 0 Å². The molecule has 0 aliphatic carbocycles. The van der Waals surface area contributed by atoms with Crippen LogP contribution in [0.25, 0.3) is 27.7 Å². The van der Waals surface area contributed by atoms with Gasteiger partial charge in [0.25, 0.3) is 5.56 Å². The van der Waals surface area contributed by atoms with Gasteiger partial charge in [-0.2, -0.15) is 0 Å². The Morgan fingerprint density at radius 3 is 2.56 bits per heavy atom. The van der Waals surface area contributed by atoms with E-state index in [0.29, 0.717) is 12.6 Å². The molecule has 0 aliphatic heterocycles. The number of nitrogens with one attached hydrogen (secondary N) is 2. The second-order valence-corrected chi connectivity index (χ2v) is 9.39. The molecule has 0 aliphatic rings. The number of H-pyrrole nitrogens is 1. The van der Waals surface area contributed by atoms with Crippen LogP contribution in [-0.4, -0.2) is 14.5 Å². The average Bonchev–Trinajstić information content (AvgIpc) is 3.14. The highest BCUT2D eigenvalue weighted by molar-refractivity contribution is 5.97. The lowest BCUT2D eigenvalue weighted by Crippen LogP contribution is -2.23. The van der Waals surface area contributed by atoms with E-state index >= 15 is 0 Å². The third-order valence-electron chi connectivity index (χ3n) is 6.47. The highest BCUT2D eigenvalue weighted by Gasteiger charge is 2.17. The number of nitrogens with zero attached hydrogens (tertiary/aromatic N) is 2. The molecule has 4 rings (SSSR count). The van der Waals surface area contributed by atoms with Crippen LogP contribution in [0.4, 0.5) is 0 Å². The van der Waals surface area contributed by atoms with Crippen LogP contribution in [0.2, 0.25) is 0 Å². The molecule has 5 nitrogen and oxygen atoms in total. The van der Waals surface area contributed by atoms with E-state index in [1.54, 1.807) is 0 Å². The molecule has 0 unspecified atom stereocenters. The molecule has 5 heteroatoms. The van der Waals surface area contributed by atoms with Crippen molar-refractivity contribution in [3.05, 3.63) is 93.3 Å². The number of pyridine rings is 2. The fraction of sp³-hybridized carbons (Fsp3) is 0.310. The molecule has 176 valence electrons. The Labute approximate surface area is 201 Å². The van der Waals surface area contributed by atoms with Gasteiger partial charge in [0.15, 0.2) is 0 Å². The van der Waals surface area contributed by atoms with Crippen LogP contribution in [0.15, 0.2) is 54.1 Å². The normalized spacial score (nSPS) is 11.4. The van der Waals surface area contributed by atoms with E-state index in [4.69, 9.17) is 0 Å². The third-order valence-corrected chi connectivity index (χ3v) is 6.47. The minimum atomic E-state index is -0.0380. The van der Waals surface area contributed by atoms with E-state index in [9.17, 15) is 4.79 Å². The van der Waals surface area contributed by atoms with Gasteiger partial charge in [0.2, 0.25) is 0 Å². The predicted molar refractivity (Wildman–Crippen MR) is 142 cm³/mol. The summed E-state index contributed by atoms with van der Waals surface area (Å²) in [5, 5.41) is 4.64. The summed E-state index contributed by atoms with van der Waals surface area (Å²) < 4.78 is 2.31. The fourth-order valence-corrected chi connectivity index (χ4v) is 4.64. The standard InChI is InChI=1S/C29H34N4O/c1-8-22-11-20(6)32-29(34)26(22)15-31-21(7)25-12-24(23-10-9-19(5)30-14-23)13-27-28(25)18(4)16-33(27)17(2)3/h9-14,16-17,31H,7-8,15H2,1-6H3,(H,32,34). The van der Waals surface area contributed by atoms with Crippen molar-refractivity contribution >= 4 is 16.6 Å². The van der Waals surface area contributed by atoms with E-state index < -0.39 is 0 Å². The van der Waals surface area contributed by atoms with Gasteiger partial charge in [-0.1, -0.05) is 19.6 Å². The first-order valence-corrected chi connectivity index (χ1v) is 11.9. The molecule has 0 saturated carbocycles. The summed E-state index contributed by atoms with van der Waals surface area (Å²) in [6.07, 6.45) is 4.94. The zero-order valence-electron chi connectivity index (χ0n) is 21.0. The zero-order valence-corrected chi connectivity index (χ0v) is 21.0. The molecular weight excluding hydrogens is 420 g/mol. The van der Waals surface area contributed by atoms with Crippen LogP contribution < -0.4 is 10.9 Å². The molecule has 0 fully saturated rings. The molecule has 0 radical (unpaired) electrons. The SMILES string of the molecule is C=C(NCc1c(CC)cc(C)[nH]c1=O)c1cc(-c2ccc(C)nc2)cc2c1c(C)cn2C(C)C. The predicted octanol–water partition coefficient (Wildman–Crippen LogP) is 6.22. The number of aromatic nitrogens is 3. The molecule has 0 bridgehead atoms. The van der Waals surface area contributed by atoms with Crippen LogP contribution in [0.5, 0.6) is 0 Å². The van der Waals surface area contributed by atoms with Crippen molar-refractivity contribution in [2.75, 3.05) is 0 Å². The Morgan fingerprint density at radius 1 is 1.15 bits per heavy atom. The molecule has 2 N–H and O–H groups in total. The Hall–Kier alpha value is -3.60. The Kier molecular flexibility index (Phi) is 6.47. The largest absolute Gasteiger partial charge is 0.381 e. The van der Waals surface area contributed by atoms with E-state index in [-0.39, 0.29) is 5.56 Å². The van der Waals surface area contributed by atoms with Crippen molar-refractivity contribution in [2.45, 2.75) is 60.5 Å². The maximum absolute atomic E-state index is 12.6. The van der Waals surface area contributed by atoms with Crippen molar-refractivity contribution in [1.82, 2.24) is 19.9 Å². The molecule has 0 amide bonds. The zero-order chi connectivity index (χ0) is 24.6. The van der Waals surface area contributed by atoms with Crippen LogP contribution in [-0.2, 0) is 13.0 Å². The van der Waals surface area contributed by atoms with E-state index in [2.05, 4.69) is 84.6 Å². The number of fused-ring (bicyclic) bond motifs is 1. The number of hydrogen-bond acceptors (Lipinski definition) is 3. The first-order valence-electron chi connectivity index (χ1n) is 11.9. The monoisotopic (exact) mass is 454 g/mol. The molecule has 3 heterocycles. The second-order valence-electron chi connectivity index (χ2n) is 9.39. The fourth-order valence-electron chi connectivity index (χ4n) is 4.64. The summed E-state index contributed by atoms with van der Waals surface area (Å²) >= 11 is 0. The Morgan fingerprint density at radius 2 is 1.91 bits per heavy atom. The molecular formula is C29H34N4O. The van der Waals surface area contributed by atoms with E-state index in [1.165, 1.54) is 16.5 Å². The topological polar surface area (TPSA) is 62.7 Å². The minimum absolute atomic E-state index is 0.0380. The maximum Gasteiger partial charge on any atom is 0.253 e. The summed E-state index contributed by atoms with van der Waals surface area (Å²) in [6.45, 7) is 17.3. The van der Waals surface area contributed by atoms with Gasteiger partial charge in [0, 0.05) is 69.7 Å². The van der Waals surface area contributed by atoms with E-state index in [0.717, 1.165) is 51.3 Å². The Balaban J connectivity index is 1.80. The van der Waals surface area contributed by atoms with Crippen molar-refractivity contribution < 1.29 is 0 Å². The van der Waals surface area contributed by atoms with Gasteiger partial charge in [-0.3, -0.25) is 9.78 Å². The number of rotatable bonds is 7. The van der Waals surface area contributed by atoms with E-state index in [1.807, 2.05) is 26.1 Å². The van der Waals surface area contributed by atoms with Crippen molar-refractivity contribution in [1.29, 1.82) is 0 Å². The highest BCUT2D eigenvalue weighted by atomic mass is 16.1. The Bertz CT molecular complexity index is 1420. The van der Waals surface area contributed by atoms with Gasteiger partial charge in [0.1, 0.15) is 0 Å². The summed E-state index contributed by atoms with van der Waals surface area (Å²) in [4.78, 5) is 20.1. The van der Waals surface area contributed by atoms with Crippen molar-refractivity contribution in [2.24, 2.45) is 0 Å². The summed E-state index contributed by atoms with van der Waals surface area (Å²) in [7, 11) is 0. The van der Waals surface area contributed by atoms with Crippen molar-refractivity contribution in [3.63, 3.8) is 0 Å². The lowest BCUT2D eigenvalue weighted by atomic mass is 9.97. The van der Waals surface area contributed by atoms with Gasteiger partial charge in [-0.25, -0.2) is 0 Å². The molecule has 0 spiro atoms. The highest BCUT2D eigenvalue weighted by Crippen LogP contribution is 2.35. The first-order chi connectivity index (χ1) is 16.2. The first kappa shape index (κ1) is 23.6. The molecule has 1 aromatic carbocycles. The maximum atomic E-state index is 12.6. The minimum Gasteiger partial charge on any atom is -0.381 e. The van der Waals surface area contributed by atoms with Gasteiger partial charge in [0.05, 0.1) is 0 Å². The third kappa shape index (κ3) is 4.43. The van der Waals surface area contributed by atoms with Crippen LogP contribution in [0.1, 0.15) is 60.5 Å². The van der Waals surface area contributed by atoms with Crippen LogP contribution in [0, 0.1) is 20.8 Å². The summed E-state index contributed by atoms with van der Waals surface area (Å²) in [6, 6.07) is 11.0. The summed E-state index contributed by atoms with van der Waals surface area (Å²) in [5.74, 6) is 0. The van der Waals surface area contributed by atoms with Gasteiger partial charge in [-0.05, 0) is 82.0 Å². The number of aromatic amines is 1. The summed E-state index contributed by atoms with van der Waals surface area (Å²) in [5.41, 5.74) is 10.1. The molecule has 0 saturated heterocycles. The molecule has 4 aromatic rings. The van der Waals surface area contributed by atoms with Gasteiger partial charge >= 0.3 is 0 Å². The number of hydrogen-bond donors (Lipinski definition) is 2. The number of aryl methyl sites for hydroxylation is 4. The quantitative estimate of drug-likeness (QED) is 0.348. The smallest absolute Gasteiger partial charge is 0.253 e. The lowest BCUT2D eigenvalue weighted by molar-refractivity contribution is 0.622. The lowest BCUT2D eigenvalue weighted by Gasteiger charge is -2.17. The molecule has 0 atom stereocenters. The molecule has 3 aromatic heterocycles. The van der Waals surface area contributed by atoms with Crippen LogP contribution in [0.3, 0.4) is 0 Å². The second kappa shape index (κ2) is 9.34. The van der Waals surface area contributed by atoms with Crippen molar-refractivity contribution in [3.8, 4) is 11.1 Å².